The van der Waals surface area contributed by atoms with E-state index in [1.54, 1.807) is 36.4 Å². The summed E-state index contributed by atoms with van der Waals surface area (Å²) >= 11 is 3.42. The van der Waals surface area contributed by atoms with Gasteiger partial charge in [-0.25, -0.2) is 4.79 Å². The van der Waals surface area contributed by atoms with Gasteiger partial charge in [-0.15, -0.1) is 0 Å². The number of primary amides is 1. The largest absolute Gasteiger partial charge is 0.493 e. The molecule has 0 aliphatic rings. The highest BCUT2D eigenvalue weighted by molar-refractivity contribution is 9.10. The van der Waals surface area contributed by atoms with Gasteiger partial charge < -0.3 is 25.8 Å². The van der Waals surface area contributed by atoms with Crippen LogP contribution in [0, 0.1) is 0 Å². The molecule has 0 radical (unpaired) electrons. The third kappa shape index (κ3) is 5.13. The van der Waals surface area contributed by atoms with Crippen LogP contribution in [0.2, 0.25) is 0 Å². The number of hydrogen-bond acceptors (Lipinski definition) is 4. The van der Waals surface area contributed by atoms with Crippen molar-refractivity contribution in [2.75, 3.05) is 24.4 Å². The Kier molecular flexibility index (Phi) is 6.85. The van der Waals surface area contributed by atoms with E-state index in [1.807, 2.05) is 6.92 Å². The van der Waals surface area contributed by atoms with Crippen LogP contribution in [0.25, 0.3) is 0 Å². The number of methoxy groups -OCH3 is 1. The number of amides is 3. The number of nitrogens with one attached hydrogen (secondary N) is 2. The number of ether oxygens (including phenoxy) is 2. The van der Waals surface area contributed by atoms with Gasteiger partial charge in [0.05, 0.1) is 18.2 Å². The molecular formula is C18H20BrN3O4. The van der Waals surface area contributed by atoms with Crippen molar-refractivity contribution in [3.05, 3.63) is 46.4 Å². The monoisotopic (exact) mass is 421 g/mol. The zero-order valence-corrected chi connectivity index (χ0v) is 16.1. The highest BCUT2D eigenvalue weighted by Gasteiger charge is 2.16. The van der Waals surface area contributed by atoms with E-state index >= 15 is 0 Å². The standard InChI is InChI=1S/C18H20BrN3O4/c1-3-7-26-16-14(19)8-11(9-15(16)25-2)17(23)21-12-5-4-6-13(10-12)22-18(20)24/h4-6,8-10H,3,7H2,1-2H3,(H,21,23)(H3,20,22,24). The van der Waals surface area contributed by atoms with Gasteiger partial charge in [0.15, 0.2) is 11.5 Å². The van der Waals surface area contributed by atoms with E-state index in [0.29, 0.717) is 39.5 Å². The molecule has 0 fully saturated rings. The van der Waals surface area contributed by atoms with E-state index < -0.39 is 6.03 Å². The molecule has 2 aromatic carbocycles. The van der Waals surface area contributed by atoms with Crippen LogP contribution in [-0.4, -0.2) is 25.7 Å². The van der Waals surface area contributed by atoms with E-state index in [1.165, 1.54) is 7.11 Å². The summed E-state index contributed by atoms with van der Waals surface area (Å²) in [5.74, 6) is 0.683. The molecule has 138 valence electrons. The fraction of sp³-hybridized carbons (Fsp3) is 0.222. The Hall–Kier alpha value is -2.74. The van der Waals surface area contributed by atoms with Crippen molar-refractivity contribution < 1.29 is 19.1 Å². The van der Waals surface area contributed by atoms with E-state index in [2.05, 4.69) is 26.6 Å². The molecule has 8 heteroatoms. The molecule has 0 saturated carbocycles. The summed E-state index contributed by atoms with van der Waals surface area (Å²) in [5, 5.41) is 5.22. The zero-order valence-electron chi connectivity index (χ0n) is 14.5. The van der Waals surface area contributed by atoms with Gasteiger partial charge in [-0.05, 0) is 52.7 Å². The lowest BCUT2D eigenvalue weighted by atomic mass is 10.1. The van der Waals surface area contributed by atoms with Crippen LogP contribution in [0.4, 0.5) is 16.2 Å². The van der Waals surface area contributed by atoms with Crippen molar-refractivity contribution in [1.82, 2.24) is 0 Å². The summed E-state index contributed by atoms with van der Waals surface area (Å²) in [7, 11) is 1.52. The predicted octanol–water partition coefficient (Wildman–Crippen LogP) is 3.99. The molecular weight excluding hydrogens is 402 g/mol. The minimum absolute atomic E-state index is 0.331. The summed E-state index contributed by atoms with van der Waals surface area (Å²) in [6, 6.07) is 9.26. The average molecular weight is 422 g/mol. The maximum atomic E-state index is 12.6. The number of nitrogens with two attached hydrogens (primary N) is 1. The van der Waals surface area contributed by atoms with Crippen LogP contribution < -0.4 is 25.8 Å². The van der Waals surface area contributed by atoms with E-state index in [9.17, 15) is 9.59 Å². The fourth-order valence-electron chi connectivity index (χ4n) is 2.22. The lowest BCUT2D eigenvalue weighted by molar-refractivity contribution is 0.102. The van der Waals surface area contributed by atoms with Crippen molar-refractivity contribution in [2.24, 2.45) is 5.73 Å². The number of carbonyl (C=O) groups is 2. The van der Waals surface area contributed by atoms with Crippen molar-refractivity contribution in [1.29, 1.82) is 0 Å². The Morgan fingerprint density at radius 2 is 1.85 bits per heavy atom. The second-order valence-electron chi connectivity index (χ2n) is 5.36. The molecule has 26 heavy (non-hydrogen) atoms. The van der Waals surface area contributed by atoms with E-state index in [0.717, 1.165) is 6.42 Å². The molecule has 7 nitrogen and oxygen atoms in total. The number of benzene rings is 2. The van der Waals surface area contributed by atoms with Gasteiger partial charge >= 0.3 is 6.03 Å². The third-order valence-electron chi connectivity index (χ3n) is 3.33. The van der Waals surface area contributed by atoms with Crippen molar-refractivity contribution >= 4 is 39.2 Å². The number of carbonyl (C=O) groups excluding carboxylic acids is 2. The van der Waals surface area contributed by atoms with Crippen LogP contribution in [0.3, 0.4) is 0 Å². The third-order valence-corrected chi connectivity index (χ3v) is 3.92. The molecule has 0 bridgehead atoms. The molecule has 0 saturated heterocycles. The lowest BCUT2D eigenvalue weighted by Crippen LogP contribution is -2.19. The number of urea groups is 1. The van der Waals surface area contributed by atoms with Gasteiger partial charge in [0.2, 0.25) is 0 Å². The van der Waals surface area contributed by atoms with Crippen molar-refractivity contribution in [3.63, 3.8) is 0 Å². The minimum atomic E-state index is -0.676. The van der Waals surface area contributed by atoms with Gasteiger partial charge in [-0.2, -0.15) is 0 Å². The summed E-state index contributed by atoms with van der Waals surface area (Å²) < 4.78 is 11.6. The topological polar surface area (TPSA) is 103 Å². The molecule has 0 aliphatic heterocycles. The molecule has 0 atom stereocenters. The Morgan fingerprint density at radius 1 is 1.15 bits per heavy atom. The molecule has 0 spiro atoms. The van der Waals surface area contributed by atoms with Crippen LogP contribution >= 0.6 is 15.9 Å². The summed E-state index contributed by atoms with van der Waals surface area (Å²) in [4.78, 5) is 23.5. The quantitative estimate of drug-likeness (QED) is 0.628. The maximum absolute atomic E-state index is 12.6. The zero-order chi connectivity index (χ0) is 19.1. The van der Waals surface area contributed by atoms with Gasteiger partial charge in [0.25, 0.3) is 5.91 Å². The molecule has 2 aromatic rings. The molecule has 4 N–H and O–H groups in total. The van der Waals surface area contributed by atoms with Gasteiger partial charge in [0.1, 0.15) is 0 Å². The average Bonchev–Trinajstić information content (AvgIpc) is 2.59. The van der Waals surface area contributed by atoms with Crippen LogP contribution in [0.1, 0.15) is 23.7 Å². The van der Waals surface area contributed by atoms with Crippen LogP contribution in [0.15, 0.2) is 40.9 Å². The molecule has 3 amide bonds. The molecule has 0 aromatic heterocycles. The van der Waals surface area contributed by atoms with E-state index in [4.69, 9.17) is 15.2 Å². The van der Waals surface area contributed by atoms with Crippen molar-refractivity contribution in [2.45, 2.75) is 13.3 Å². The SMILES string of the molecule is CCCOc1c(Br)cc(C(=O)Nc2cccc(NC(N)=O)c2)cc1OC. The first-order chi connectivity index (χ1) is 12.4. The summed E-state index contributed by atoms with van der Waals surface area (Å²) in [6.45, 7) is 2.55. The van der Waals surface area contributed by atoms with Crippen LogP contribution in [0.5, 0.6) is 11.5 Å². The first-order valence-electron chi connectivity index (χ1n) is 7.92. The predicted molar refractivity (Wildman–Crippen MR) is 104 cm³/mol. The molecule has 0 aliphatic carbocycles. The highest BCUT2D eigenvalue weighted by Crippen LogP contribution is 2.37. The second kappa shape index (κ2) is 9.10. The number of halogens is 1. The minimum Gasteiger partial charge on any atom is -0.493 e. The smallest absolute Gasteiger partial charge is 0.316 e. The maximum Gasteiger partial charge on any atom is 0.316 e. The second-order valence-corrected chi connectivity index (χ2v) is 6.22. The normalized spacial score (nSPS) is 10.1. The Labute approximate surface area is 160 Å². The number of hydrogen-bond donors (Lipinski definition) is 3. The number of anilines is 2. The molecule has 0 heterocycles. The fourth-order valence-corrected chi connectivity index (χ4v) is 2.77. The van der Waals surface area contributed by atoms with E-state index in [-0.39, 0.29) is 5.91 Å². The Bertz CT molecular complexity index is 811. The van der Waals surface area contributed by atoms with Gasteiger partial charge in [-0.1, -0.05) is 13.0 Å². The first kappa shape index (κ1) is 19.6. The van der Waals surface area contributed by atoms with Gasteiger partial charge in [-0.3, -0.25) is 4.79 Å². The highest BCUT2D eigenvalue weighted by atomic mass is 79.9. The van der Waals surface area contributed by atoms with Crippen LogP contribution in [-0.2, 0) is 0 Å². The number of rotatable bonds is 7. The Morgan fingerprint density at radius 3 is 2.46 bits per heavy atom. The van der Waals surface area contributed by atoms with Gasteiger partial charge in [0, 0.05) is 16.9 Å². The lowest BCUT2D eigenvalue weighted by Gasteiger charge is -2.14. The molecule has 2 rings (SSSR count). The van der Waals surface area contributed by atoms with Crippen molar-refractivity contribution in [3.8, 4) is 11.5 Å². The molecule has 0 unspecified atom stereocenters. The first-order valence-corrected chi connectivity index (χ1v) is 8.72. The Balaban J connectivity index is 2.21. The summed E-state index contributed by atoms with van der Waals surface area (Å²) in [6.07, 6.45) is 0.855. The summed E-state index contributed by atoms with van der Waals surface area (Å²) in [5.41, 5.74) is 6.49.